The van der Waals surface area contributed by atoms with E-state index in [1.807, 2.05) is 23.0 Å². The predicted octanol–water partition coefficient (Wildman–Crippen LogP) is 2.18. The smallest absolute Gasteiger partial charge is 0.197 e. The van der Waals surface area contributed by atoms with Gasteiger partial charge in [0.1, 0.15) is 16.9 Å². The SMILES string of the molecule is O=C(c1ccccn1)[C@@]12C[NH2+]CCC1=Cc1c(cnn1-c1ccc(F)cc1)C2. The molecular weight excluding hydrogens is 355 g/mol. The number of carbonyl (C=O) groups excluding carboxylic acids is 1. The Kier molecular flexibility index (Phi) is 3.94. The number of halogens is 1. The van der Waals surface area contributed by atoms with Gasteiger partial charge in [0.05, 0.1) is 30.7 Å². The molecule has 1 aliphatic heterocycles. The molecule has 1 aromatic carbocycles. The zero-order valence-electron chi connectivity index (χ0n) is 15.3. The molecular formula is C22H20FN4O+. The lowest BCUT2D eigenvalue weighted by Crippen LogP contribution is -2.90. The van der Waals surface area contributed by atoms with E-state index in [-0.39, 0.29) is 11.6 Å². The van der Waals surface area contributed by atoms with Crippen molar-refractivity contribution in [1.29, 1.82) is 0 Å². The van der Waals surface area contributed by atoms with Crippen LogP contribution in [0.4, 0.5) is 4.39 Å². The van der Waals surface area contributed by atoms with Crippen LogP contribution >= 0.6 is 0 Å². The molecule has 140 valence electrons. The molecule has 3 aromatic rings. The second-order valence-corrected chi connectivity index (χ2v) is 7.45. The molecule has 0 amide bonds. The molecule has 5 nitrogen and oxygen atoms in total. The van der Waals surface area contributed by atoms with E-state index in [2.05, 4.69) is 21.5 Å². The van der Waals surface area contributed by atoms with Crippen molar-refractivity contribution in [3.05, 3.63) is 83.2 Å². The molecule has 6 heteroatoms. The van der Waals surface area contributed by atoms with Crippen molar-refractivity contribution >= 4 is 11.9 Å². The van der Waals surface area contributed by atoms with Gasteiger partial charge in [-0.2, -0.15) is 5.10 Å². The first-order chi connectivity index (χ1) is 13.7. The molecule has 0 radical (unpaired) electrons. The number of ketones is 1. The van der Waals surface area contributed by atoms with Crippen molar-refractivity contribution in [3.63, 3.8) is 0 Å². The van der Waals surface area contributed by atoms with E-state index in [1.165, 1.54) is 12.1 Å². The maximum Gasteiger partial charge on any atom is 0.197 e. The second-order valence-electron chi connectivity index (χ2n) is 7.45. The van der Waals surface area contributed by atoms with Crippen LogP contribution in [0.5, 0.6) is 0 Å². The first kappa shape index (κ1) is 17.0. The van der Waals surface area contributed by atoms with Gasteiger partial charge in [-0.05, 0) is 60.0 Å². The molecule has 1 saturated heterocycles. The third-order valence-corrected chi connectivity index (χ3v) is 5.82. The van der Waals surface area contributed by atoms with Gasteiger partial charge in [0.15, 0.2) is 5.78 Å². The number of benzene rings is 1. The summed E-state index contributed by atoms with van der Waals surface area (Å²) >= 11 is 0. The number of aromatic nitrogens is 3. The molecule has 1 aliphatic carbocycles. The number of nitrogens with two attached hydrogens (primary N) is 1. The van der Waals surface area contributed by atoms with Crippen LogP contribution in [0.2, 0.25) is 0 Å². The highest BCUT2D eigenvalue weighted by molar-refractivity contribution is 6.02. The van der Waals surface area contributed by atoms with Gasteiger partial charge in [0.25, 0.3) is 0 Å². The number of quaternary nitrogens is 1. The number of rotatable bonds is 3. The van der Waals surface area contributed by atoms with E-state index in [9.17, 15) is 9.18 Å². The molecule has 3 heterocycles. The number of hydrogen-bond acceptors (Lipinski definition) is 3. The summed E-state index contributed by atoms with van der Waals surface area (Å²) in [6.07, 6.45) is 7.07. The zero-order valence-corrected chi connectivity index (χ0v) is 15.3. The largest absolute Gasteiger partial charge is 0.345 e. The van der Waals surface area contributed by atoms with Gasteiger partial charge in [-0.1, -0.05) is 6.07 Å². The number of Topliss-reactive ketones (excluding diaryl/α,β-unsaturated/α-hetero) is 1. The summed E-state index contributed by atoms with van der Waals surface area (Å²) in [4.78, 5) is 17.8. The van der Waals surface area contributed by atoms with E-state index < -0.39 is 5.41 Å². The predicted molar refractivity (Wildman–Crippen MR) is 102 cm³/mol. The van der Waals surface area contributed by atoms with Gasteiger partial charge < -0.3 is 5.32 Å². The van der Waals surface area contributed by atoms with E-state index in [0.717, 1.165) is 42.0 Å². The highest BCUT2D eigenvalue weighted by Gasteiger charge is 2.49. The average molecular weight is 375 g/mol. The maximum atomic E-state index is 13.5. The minimum atomic E-state index is -0.573. The lowest BCUT2D eigenvalue weighted by Gasteiger charge is -2.38. The minimum Gasteiger partial charge on any atom is -0.345 e. The molecule has 0 bridgehead atoms. The summed E-state index contributed by atoms with van der Waals surface area (Å²) in [7, 11) is 0. The molecule has 0 unspecified atom stereocenters. The van der Waals surface area contributed by atoms with Gasteiger partial charge >= 0.3 is 0 Å². The number of nitrogens with zero attached hydrogens (tertiary/aromatic N) is 3. The maximum absolute atomic E-state index is 13.5. The van der Waals surface area contributed by atoms with E-state index >= 15 is 0 Å². The van der Waals surface area contributed by atoms with Crippen LogP contribution < -0.4 is 5.32 Å². The molecule has 2 N–H and O–H groups in total. The van der Waals surface area contributed by atoms with Gasteiger partial charge in [-0.15, -0.1) is 0 Å². The third-order valence-electron chi connectivity index (χ3n) is 5.82. The Morgan fingerprint density at radius 2 is 2.04 bits per heavy atom. The van der Waals surface area contributed by atoms with Crippen LogP contribution in [-0.4, -0.2) is 33.6 Å². The van der Waals surface area contributed by atoms with E-state index in [4.69, 9.17) is 0 Å². The van der Waals surface area contributed by atoms with Gasteiger partial charge in [-0.3, -0.25) is 9.78 Å². The molecule has 5 rings (SSSR count). The lowest BCUT2D eigenvalue weighted by molar-refractivity contribution is -0.668. The van der Waals surface area contributed by atoms with Crippen LogP contribution in [0.25, 0.3) is 11.8 Å². The van der Waals surface area contributed by atoms with Crippen LogP contribution in [-0.2, 0) is 6.42 Å². The monoisotopic (exact) mass is 375 g/mol. The second kappa shape index (κ2) is 6.49. The summed E-state index contributed by atoms with van der Waals surface area (Å²) in [5.41, 5.74) is 3.90. The van der Waals surface area contributed by atoms with Crippen LogP contribution in [0.1, 0.15) is 28.2 Å². The fraction of sp³-hybridized carbons (Fsp3) is 0.227. The normalized spacial score (nSPS) is 20.8. The molecule has 0 saturated carbocycles. The Hall–Kier alpha value is -3.12. The fourth-order valence-electron chi connectivity index (χ4n) is 4.39. The lowest BCUT2D eigenvalue weighted by atomic mass is 9.65. The van der Waals surface area contributed by atoms with Crippen molar-refractivity contribution in [2.75, 3.05) is 13.1 Å². The Morgan fingerprint density at radius 3 is 2.82 bits per heavy atom. The summed E-state index contributed by atoms with van der Waals surface area (Å²) in [5.74, 6) is -0.193. The van der Waals surface area contributed by atoms with Crippen molar-refractivity contribution in [1.82, 2.24) is 14.8 Å². The quantitative estimate of drug-likeness (QED) is 0.714. The molecule has 28 heavy (non-hydrogen) atoms. The summed E-state index contributed by atoms with van der Waals surface area (Å²) in [5, 5.41) is 6.75. The van der Waals surface area contributed by atoms with Crippen LogP contribution in [0.3, 0.4) is 0 Å². The number of piperidine rings is 1. The van der Waals surface area contributed by atoms with Crippen molar-refractivity contribution in [2.45, 2.75) is 12.8 Å². The first-order valence-electron chi connectivity index (χ1n) is 9.49. The molecule has 2 aromatic heterocycles. The Balaban J connectivity index is 1.60. The van der Waals surface area contributed by atoms with Gasteiger partial charge in [0, 0.05) is 12.6 Å². The van der Waals surface area contributed by atoms with E-state index in [1.54, 1.807) is 24.4 Å². The van der Waals surface area contributed by atoms with Crippen molar-refractivity contribution in [2.24, 2.45) is 5.41 Å². The third kappa shape index (κ3) is 2.60. The molecule has 1 fully saturated rings. The summed E-state index contributed by atoms with van der Waals surface area (Å²) in [6.45, 7) is 1.68. The number of carbonyl (C=O) groups is 1. The molecule has 0 spiro atoms. The van der Waals surface area contributed by atoms with Crippen molar-refractivity contribution in [3.8, 4) is 5.69 Å². The standard InChI is InChI=1S/C22H19FN4O/c23-17-4-6-18(7-5-17)27-20-11-16-8-10-24-14-22(16,12-15(20)13-26-27)21(28)19-3-1-2-9-25-19/h1-7,9,11,13,24H,8,10,12,14H2/p+1/t22-/m0/s1. The first-order valence-corrected chi connectivity index (χ1v) is 9.49. The Morgan fingerprint density at radius 1 is 1.18 bits per heavy atom. The zero-order chi connectivity index (χ0) is 19.1. The fourth-order valence-corrected chi connectivity index (χ4v) is 4.39. The molecule has 1 atom stereocenters. The minimum absolute atomic E-state index is 0.0792. The van der Waals surface area contributed by atoms with Crippen LogP contribution in [0.15, 0.2) is 60.4 Å². The number of fused-ring (bicyclic) bond motifs is 2. The summed E-state index contributed by atoms with van der Waals surface area (Å²) in [6, 6.07) is 11.8. The number of pyridine rings is 1. The summed E-state index contributed by atoms with van der Waals surface area (Å²) < 4.78 is 15.1. The van der Waals surface area contributed by atoms with Crippen molar-refractivity contribution < 1.29 is 14.5 Å². The van der Waals surface area contributed by atoms with Gasteiger partial charge in [-0.25, -0.2) is 9.07 Å². The highest BCUT2D eigenvalue weighted by atomic mass is 19.1. The highest BCUT2D eigenvalue weighted by Crippen LogP contribution is 2.43. The average Bonchev–Trinajstić information content (AvgIpc) is 3.15. The van der Waals surface area contributed by atoms with E-state index in [0.29, 0.717) is 12.1 Å². The number of hydrogen-bond donors (Lipinski definition) is 1. The topological polar surface area (TPSA) is 64.4 Å². The van der Waals surface area contributed by atoms with Crippen LogP contribution in [0, 0.1) is 11.2 Å². The Labute approximate surface area is 161 Å². The van der Waals surface area contributed by atoms with Gasteiger partial charge in [0.2, 0.25) is 0 Å². The Bertz CT molecular complexity index is 1070. The molecule has 2 aliphatic rings.